The summed E-state index contributed by atoms with van der Waals surface area (Å²) in [4.78, 5) is 36.5. The number of carbonyl (C=O) groups excluding carboxylic acids is 2. The molecule has 8 heteroatoms. The predicted molar refractivity (Wildman–Crippen MR) is 178 cm³/mol. The Morgan fingerprint density at radius 1 is 0.705 bits per heavy atom. The molecule has 0 saturated heterocycles. The number of carboxylic acid groups (broad SMARTS) is 1. The first kappa shape index (κ1) is 41.8. The molecule has 0 bridgehead atoms. The third-order valence-corrected chi connectivity index (χ3v) is 7.62. The van der Waals surface area contributed by atoms with E-state index in [2.05, 4.69) is 38.2 Å². The minimum Gasteiger partial charge on any atom is -0.477 e. The number of rotatable bonds is 30. The molecular weight excluding hydrogens is 558 g/mol. The molecule has 0 aliphatic carbocycles. The normalized spacial score (nSPS) is 13.4. The quantitative estimate of drug-likeness (QED) is 0.0372. The number of nitrogens with zero attached hydrogens (tertiary/aromatic N) is 1. The summed E-state index contributed by atoms with van der Waals surface area (Å²) >= 11 is 0. The molecule has 0 fully saturated rings. The summed E-state index contributed by atoms with van der Waals surface area (Å²) in [5.41, 5.74) is 0. The molecule has 2 atom stereocenters. The second-order valence-electron chi connectivity index (χ2n) is 12.7. The molecule has 0 amide bonds. The van der Waals surface area contributed by atoms with Crippen molar-refractivity contribution in [3.63, 3.8) is 0 Å². The number of hydrogen-bond acceptors (Lipinski definition) is 6. The summed E-state index contributed by atoms with van der Waals surface area (Å²) in [6, 6.07) is -0.613. The van der Waals surface area contributed by atoms with Gasteiger partial charge in [0.1, 0.15) is 6.61 Å². The Morgan fingerprint density at radius 3 is 1.86 bits per heavy atom. The van der Waals surface area contributed by atoms with E-state index in [4.69, 9.17) is 14.2 Å². The smallest absolute Gasteiger partial charge is 0.362 e. The van der Waals surface area contributed by atoms with Crippen molar-refractivity contribution in [2.45, 2.75) is 148 Å². The maximum absolute atomic E-state index is 12.6. The summed E-state index contributed by atoms with van der Waals surface area (Å²) in [6.45, 7) is 4.54. The Bertz CT molecular complexity index is 788. The highest BCUT2D eigenvalue weighted by Gasteiger charge is 2.31. The maximum atomic E-state index is 12.6. The van der Waals surface area contributed by atoms with E-state index >= 15 is 0 Å². The fourth-order valence-corrected chi connectivity index (χ4v) is 4.89. The highest BCUT2D eigenvalue weighted by atomic mass is 16.6. The topological polar surface area (TPSA) is 99.1 Å². The fraction of sp³-hybridized carbons (Fsp3) is 0.806. The Balaban J connectivity index is 4.51. The zero-order chi connectivity index (χ0) is 32.9. The van der Waals surface area contributed by atoms with Crippen LogP contribution in [0.25, 0.3) is 0 Å². The first-order chi connectivity index (χ1) is 21.1. The predicted octanol–water partition coefficient (Wildman–Crippen LogP) is 8.18. The van der Waals surface area contributed by atoms with Gasteiger partial charge in [0.15, 0.2) is 12.1 Å². The Kier molecular flexibility index (Phi) is 26.9. The molecule has 0 saturated carbocycles. The minimum absolute atomic E-state index is 0.0536. The molecule has 0 rings (SSSR count). The molecule has 0 aromatic rings. The van der Waals surface area contributed by atoms with Gasteiger partial charge in [0.2, 0.25) is 0 Å². The number of esters is 2. The van der Waals surface area contributed by atoms with Gasteiger partial charge >= 0.3 is 17.9 Å². The number of carboxylic acids is 1. The summed E-state index contributed by atoms with van der Waals surface area (Å²) in [6.07, 6.45) is 26.6. The van der Waals surface area contributed by atoms with Crippen molar-refractivity contribution in [2.24, 2.45) is 0 Å². The third-order valence-electron chi connectivity index (χ3n) is 7.62. The number of ether oxygens (including phenoxy) is 3. The molecule has 256 valence electrons. The van der Waals surface area contributed by atoms with E-state index < -0.39 is 18.1 Å². The largest absolute Gasteiger partial charge is 0.477 e. The number of unbranched alkanes of at least 4 members (excludes halogenated alkanes) is 12. The number of carbonyl (C=O) groups is 3. The van der Waals surface area contributed by atoms with Crippen LogP contribution in [0.3, 0.4) is 0 Å². The van der Waals surface area contributed by atoms with Crippen LogP contribution in [0.5, 0.6) is 0 Å². The van der Waals surface area contributed by atoms with Crippen LogP contribution in [0, 0.1) is 0 Å². The summed E-state index contributed by atoms with van der Waals surface area (Å²) in [5.74, 6) is -1.52. The standard InChI is InChI=1S/C36H65NO7/c1-6-8-10-12-14-16-17-19-21-23-25-27-35(39)44-32(30-42-29-28-33(36(40)41)37(3,4)5)31-43-34(38)26-24-22-20-18-15-13-11-9-7-2/h9,11,15,18,32-33H,6-8,10,12-14,16-17,19-31H2,1-5H3/p+1/b11-9+,18-15+. The molecule has 8 nitrogen and oxygen atoms in total. The van der Waals surface area contributed by atoms with Crippen LogP contribution in [0.15, 0.2) is 24.3 Å². The Morgan fingerprint density at radius 2 is 1.27 bits per heavy atom. The molecular formula is C36H66NO7+. The molecule has 2 unspecified atom stereocenters. The van der Waals surface area contributed by atoms with Crippen LogP contribution in [0.4, 0.5) is 0 Å². The van der Waals surface area contributed by atoms with Crippen molar-refractivity contribution in [1.29, 1.82) is 0 Å². The summed E-state index contributed by atoms with van der Waals surface area (Å²) in [5, 5.41) is 9.54. The van der Waals surface area contributed by atoms with Crippen molar-refractivity contribution in [3.05, 3.63) is 24.3 Å². The molecule has 44 heavy (non-hydrogen) atoms. The average Bonchev–Trinajstić information content (AvgIpc) is 2.96. The fourth-order valence-electron chi connectivity index (χ4n) is 4.89. The van der Waals surface area contributed by atoms with Gasteiger partial charge in [-0.1, -0.05) is 102 Å². The number of allylic oxidation sites excluding steroid dienone is 4. The van der Waals surface area contributed by atoms with Crippen LogP contribution >= 0.6 is 0 Å². The monoisotopic (exact) mass is 624 g/mol. The van der Waals surface area contributed by atoms with Crippen LogP contribution in [-0.4, -0.2) is 80.6 Å². The molecule has 0 radical (unpaired) electrons. The molecule has 0 spiro atoms. The molecule has 0 aliphatic rings. The van der Waals surface area contributed by atoms with Crippen LogP contribution in [0.2, 0.25) is 0 Å². The van der Waals surface area contributed by atoms with Gasteiger partial charge in [-0.25, -0.2) is 4.79 Å². The maximum Gasteiger partial charge on any atom is 0.362 e. The molecule has 0 heterocycles. The van der Waals surface area contributed by atoms with Crippen LogP contribution in [-0.2, 0) is 28.6 Å². The van der Waals surface area contributed by atoms with Gasteiger partial charge in [-0.05, 0) is 38.5 Å². The van der Waals surface area contributed by atoms with E-state index in [1.165, 1.54) is 51.4 Å². The van der Waals surface area contributed by atoms with Gasteiger partial charge in [0, 0.05) is 19.3 Å². The van der Waals surface area contributed by atoms with Gasteiger partial charge in [-0.2, -0.15) is 0 Å². The number of hydrogen-bond donors (Lipinski definition) is 1. The molecule has 1 N–H and O–H groups in total. The summed E-state index contributed by atoms with van der Waals surface area (Å²) < 4.78 is 17.1. The second-order valence-corrected chi connectivity index (χ2v) is 12.7. The molecule has 0 aromatic carbocycles. The van der Waals surface area contributed by atoms with Gasteiger partial charge < -0.3 is 23.8 Å². The second kappa shape index (κ2) is 28.3. The van der Waals surface area contributed by atoms with E-state index in [1.807, 2.05) is 21.1 Å². The lowest BCUT2D eigenvalue weighted by Crippen LogP contribution is -2.50. The lowest BCUT2D eigenvalue weighted by Gasteiger charge is -2.31. The van der Waals surface area contributed by atoms with E-state index in [1.54, 1.807) is 0 Å². The van der Waals surface area contributed by atoms with Crippen LogP contribution < -0.4 is 0 Å². The lowest BCUT2D eigenvalue weighted by molar-refractivity contribution is -0.887. The average molecular weight is 625 g/mol. The van der Waals surface area contributed by atoms with Crippen molar-refractivity contribution in [2.75, 3.05) is 41.0 Å². The van der Waals surface area contributed by atoms with Crippen molar-refractivity contribution >= 4 is 17.9 Å². The number of likely N-dealkylation sites (N-methyl/N-ethyl adjacent to an activating group) is 1. The molecule has 0 aliphatic heterocycles. The van der Waals surface area contributed by atoms with Gasteiger partial charge in [0.25, 0.3) is 0 Å². The lowest BCUT2D eigenvalue weighted by atomic mass is 10.1. The van der Waals surface area contributed by atoms with E-state index in [0.717, 1.165) is 51.4 Å². The van der Waals surface area contributed by atoms with Crippen molar-refractivity contribution < 1.29 is 38.2 Å². The third kappa shape index (κ3) is 26.2. The minimum atomic E-state index is -0.881. The SMILES string of the molecule is CC/C=C/C/C=C/CCCCC(=O)OCC(COCCC(C(=O)O)[N+](C)(C)C)OC(=O)CCCCCCCCCCCCC. The Hall–Kier alpha value is -2.19. The Labute approximate surface area is 269 Å². The van der Waals surface area contributed by atoms with E-state index in [-0.39, 0.29) is 36.2 Å². The van der Waals surface area contributed by atoms with E-state index in [0.29, 0.717) is 19.3 Å². The van der Waals surface area contributed by atoms with Crippen molar-refractivity contribution in [3.8, 4) is 0 Å². The number of quaternary nitrogens is 1. The van der Waals surface area contributed by atoms with Gasteiger partial charge in [0.05, 0.1) is 34.4 Å². The molecule has 0 aromatic heterocycles. The first-order valence-corrected chi connectivity index (χ1v) is 17.4. The highest BCUT2D eigenvalue weighted by molar-refractivity contribution is 5.72. The zero-order valence-electron chi connectivity index (χ0n) is 28.9. The summed E-state index contributed by atoms with van der Waals surface area (Å²) in [7, 11) is 5.50. The van der Waals surface area contributed by atoms with Gasteiger partial charge in [-0.3, -0.25) is 9.59 Å². The number of aliphatic carboxylic acids is 1. The van der Waals surface area contributed by atoms with Gasteiger partial charge in [-0.15, -0.1) is 0 Å². The van der Waals surface area contributed by atoms with Crippen LogP contribution in [0.1, 0.15) is 136 Å². The zero-order valence-corrected chi connectivity index (χ0v) is 28.9. The van der Waals surface area contributed by atoms with Crippen molar-refractivity contribution in [1.82, 2.24) is 0 Å². The first-order valence-electron chi connectivity index (χ1n) is 17.4. The van der Waals surface area contributed by atoms with E-state index in [9.17, 15) is 19.5 Å². The highest BCUT2D eigenvalue weighted by Crippen LogP contribution is 2.13.